The van der Waals surface area contributed by atoms with Crippen LogP contribution in [-0.2, 0) is 40.0 Å². The van der Waals surface area contributed by atoms with Gasteiger partial charge in [0, 0.05) is 55.4 Å². The molecule has 1 aromatic carbocycles. The second kappa shape index (κ2) is 23.4. The SMILES string of the molecule is COc1cc(COC(=O)CCCCCO[N+](=O)[O-])c(C(=O)O[C@@H](CNC(C)(C)C)COc2nsnc2N2CCOCC2)c(OC)c1.O=C(O)/C=C\C(=O)O. The van der Waals surface area contributed by atoms with E-state index in [0.717, 1.165) is 11.7 Å². The Labute approximate surface area is 315 Å². The third-order valence-electron chi connectivity index (χ3n) is 7.09. The molecule has 0 bridgehead atoms. The van der Waals surface area contributed by atoms with Crippen LogP contribution in [0, 0.1) is 10.1 Å². The summed E-state index contributed by atoms with van der Waals surface area (Å²) in [5.74, 6) is -2.17. The summed E-state index contributed by atoms with van der Waals surface area (Å²) in [4.78, 5) is 61.9. The van der Waals surface area contributed by atoms with Gasteiger partial charge in [-0.25, -0.2) is 14.4 Å². The number of aromatic nitrogens is 2. The molecule has 0 saturated carbocycles. The molecule has 20 nitrogen and oxygen atoms in total. The largest absolute Gasteiger partial charge is 0.497 e. The number of esters is 2. The number of hydrogen-bond donors (Lipinski definition) is 3. The molecule has 1 aliphatic rings. The van der Waals surface area contributed by atoms with E-state index in [1.54, 1.807) is 12.1 Å². The lowest BCUT2D eigenvalue weighted by atomic mass is 10.1. The zero-order valence-electron chi connectivity index (χ0n) is 30.8. The lowest BCUT2D eigenvalue weighted by molar-refractivity contribution is -0.757. The molecular formula is C33H47N5O15S. The first-order valence-electron chi connectivity index (χ1n) is 16.7. The van der Waals surface area contributed by atoms with Crippen molar-refractivity contribution in [2.24, 2.45) is 0 Å². The van der Waals surface area contributed by atoms with Crippen molar-refractivity contribution in [3.8, 4) is 17.4 Å². The number of carbonyl (C=O) groups is 4. The smallest absolute Gasteiger partial charge is 0.342 e. The number of nitrogens with zero attached hydrogens (tertiary/aromatic N) is 4. The van der Waals surface area contributed by atoms with Gasteiger partial charge in [-0.15, -0.1) is 14.5 Å². The third-order valence-corrected chi connectivity index (χ3v) is 7.59. The molecule has 2 heterocycles. The second-order valence-corrected chi connectivity index (χ2v) is 12.9. The van der Waals surface area contributed by atoms with Crippen LogP contribution in [0.5, 0.6) is 17.4 Å². The number of morpholine rings is 1. The summed E-state index contributed by atoms with van der Waals surface area (Å²) in [6, 6.07) is 3.12. The monoisotopic (exact) mass is 785 g/mol. The molecule has 0 radical (unpaired) electrons. The highest BCUT2D eigenvalue weighted by Crippen LogP contribution is 2.31. The third kappa shape index (κ3) is 17.5. The van der Waals surface area contributed by atoms with Crippen LogP contribution in [0.15, 0.2) is 24.3 Å². The van der Waals surface area contributed by atoms with Gasteiger partial charge in [-0.05, 0) is 39.7 Å². The van der Waals surface area contributed by atoms with E-state index < -0.39 is 35.1 Å². The Hall–Kier alpha value is -5.28. The van der Waals surface area contributed by atoms with Crippen molar-refractivity contribution in [3.05, 3.63) is 45.5 Å². The number of carbonyl (C=O) groups excluding carboxylic acids is 2. The van der Waals surface area contributed by atoms with E-state index in [9.17, 15) is 29.3 Å². The summed E-state index contributed by atoms with van der Waals surface area (Å²) < 4.78 is 42.5. The Morgan fingerprint density at radius 3 is 2.33 bits per heavy atom. The normalized spacial score (nSPS) is 13.2. The van der Waals surface area contributed by atoms with Crippen molar-refractivity contribution in [1.29, 1.82) is 0 Å². The van der Waals surface area contributed by atoms with Gasteiger partial charge in [-0.2, -0.15) is 4.37 Å². The molecule has 1 aliphatic heterocycles. The Balaban J connectivity index is 0.00000113. The van der Waals surface area contributed by atoms with Crippen molar-refractivity contribution >= 4 is 41.4 Å². The van der Waals surface area contributed by atoms with Crippen LogP contribution in [0.25, 0.3) is 0 Å². The molecular weight excluding hydrogens is 738 g/mol. The van der Waals surface area contributed by atoms with Gasteiger partial charge < -0.3 is 53.7 Å². The van der Waals surface area contributed by atoms with Crippen LogP contribution in [0.4, 0.5) is 5.82 Å². The molecule has 0 aliphatic carbocycles. The minimum absolute atomic E-state index is 0.00688. The fourth-order valence-electron chi connectivity index (χ4n) is 4.50. The molecule has 1 fully saturated rings. The molecule has 3 rings (SSSR count). The predicted molar refractivity (Wildman–Crippen MR) is 191 cm³/mol. The molecule has 1 saturated heterocycles. The van der Waals surface area contributed by atoms with Crippen LogP contribution in [0.2, 0.25) is 0 Å². The van der Waals surface area contributed by atoms with E-state index in [1.165, 1.54) is 14.2 Å². The fourth-order valence-corrected chi connectivity index (χ4v) is 5.02. The van der Waals surface area contributed by atoms with E-state index >= 15 is 0 Å². The maximum atomic E-state index is 13.7. The van der Waals surface area contributed by atoms with Gasteiger partial charge in [0.25, 0.3) is 11.0 Å². The van der Waals surface area contributed by atoms with Crippen molar-refractivity contribution in [2.45, 2.75) is 64.7 Å². The molecule has 54 heavy (non-hydrogen) atoms. The van der Waals surface area contributed by atoms with Crippen molar-refractivity contribution in [3.63, 3.8) is 0 Å². The number of methoxy groups -OCH3 is 2. The maximum absolute atomic E-state index is 13.7. The number of aliphatic carboxylic acids is 2. The highest BCUT2D eigenvalue weighted by Gasteiger charge is 2.27. The van der Waals surface area contributed by atoms with Gasteiger partial charge in [0.05, 0.1) is 45.8 Å². The van der Waals surface area contributed by atoms with Crippen LogP contribution < -0.4 is 24.4 Å². The number of nitrogens with one attached hydrogen (secondary N) is 1. The van der Waals surface area contributed by atoms with Crippen molar-refractivity contribution in [2.75, 3.05) is 65.2 Å². The van der Waals surface area contributed by atoms with Crippen LogP contribution >= 0.6 is 11.7 Å². The summed E-state index contributed by atoms with van der Waals surface area (Å²) in [6.07, 6.45) is 1.90. The van der Waals surface area contributed by atoms with Crippen molar-refractivity contribution in [1.82, 2.24) is 14.1 Å². The van der Waals surface area contributed by atoms with E-state index in [1.807, 2.05) is 25.7 Å². The topological polar surface area (TPSA) is 258 Å². The molecule has 21 heteroatoms. The molecule has 0 spiro atoms. The number of unbranched alkanes of at least 4 members (excludes halogenated alkanes) is 2. The van der Waals surface area contributed by atoms with E-state index in [0.29, 0.717) is 80.7 Å². The van der Waals surface area contributed by atoms with E-state index in [2.05, 4.69) is 18.9 Å². The molecule has 1 aromatic heterocycles. The van der Waals surface area contributed by atoms with Gasteiger partial charge in [-0.1, -0.05) is 6.42 Å². The second-order valence-electron chi connectivity index (χ2n) is 12.4. The van der Waals surface area contributed by atoms with Crippen LogP contribution in [0.1, 0.15) is 62.4 Å². The zero-order valence-corrected chi connectivity index (χ0v) is 31.6. The number of rotatable bonds is 21. The van der Waals surface area contributed by atoms with Gasteiger partial charge in [0.1, 0.15) is 36.4 Å². The number of carboxylic acids is 2. The van der Waals surface area contributed by atoms with Crippen LogP contribution in [0.3, 0.4) is 0 Å². The molecule has 300 valence electrons. The van der Waals surface area contributed by atoms with Gasteiger partial charge >= 0.3 is 23.9 Å². The maximum Gasteiger partial charge on any atom is 0.342 e. The molecule has 1 atom stereocenters. The zero-order chi connectivity index (χ0) is 40.1. The number of ether oxygens (including phenoxy) is 6. The Kier molecular flexibility index (Phi) is 19.4. The lowest BCUT2D eigenvalue weighted by Gasteiger charge is -2.28. The molecule has 3 N–H and O–H groups in total. The highest BCUT2D eigenvalue weighted by molar-refractivity contribution is 6.99. The minimum Gasteiger partial charge on any atom is -0.497 e. The Bertz CT molecular complexity index is 1540. The quantitative estimate of drug-likeness (QED) is 0.0540. The Morgan fingerprint density at radius 1 is 1.06 bits per heavy atom. The summed E-state index contributed by atoms with van der Waals surface area (Å²) in [5.41, 5.74) is 0.136. The highest BCUT2D eigenvalue weighted by atomic mass is 32.1. The first kappa shape index (κ1) is 44.9. The average Bonchev–Trinajstić information content (AvgIpc) is 3.60. The molecule has 0 unspecified atom stereocenters. The predicted octanol–water partition coefficient (Wildman–Crippen LogP) is 2.91. The summed E-state index contributed by atoms with van der Waals surface area (Å²) in [7, 11) is 2.88. The fraction of sp³-hybridized carbons (Fsp3) is 0.576. The van der Waals surface area contributed by atoms with Crippen molar-refractivity contribution < 1.29 is 67.7 Å². The summed E-state index contributed by atoms with van der Waals surface area (Å²) in [6.45, 7) is 8.45. The van der Waals surface area contributed by atoms with E-state index in [-0.39, 0.29) is 49.6 Å². The number of carboxylic acid groups (broad SMARTS) is 2. The Morgan fingerprint density at radius 2 is 1.74 bits per heavy atom. The first-order chi connectivity index (χ1) is 25.6. The molecule has 2 aromatic rings. The molecule has 0 amide bonds. The standard InChI is InChI=1S/C29H43N5O11S.C4H4O4/c1-29(2,3)30-17-22(19-43-27-26(31-46-32-27)33-10-13-41-14-11-33)45-28(36)25-20(15-21(39-4)16-23(25)40-5)18-42-24(35)9-7-6-8-12-44-34(37)38;5-3(6)1-2-4(7)8/h15-16,22,30H,6-14,17-19H2,1-5H3;1-2H,(H,5,6)(H,7,8)/b;2-1-/t22-;/m0./s1. The minimum atomic E-state index is -1.26. The summed E-state index contributed by atoms with van der Waals surface area (Å²) >= 11 is 1.04. The van der Waals surface area contributed by atoms with Crippen LogP contribution in [-0.4, -0.2) is 120 Å². The van der Waals surface area contributed by atoms with E-state index in [4.69, 9.17) is 38.6 Å². The number of benzene rings is 1. The van der Waals surface area contributed by atoms with Gasteiger partial charge in [-0.3, -0.25) is 4.79 Å². The number of hydrogen-bond acceptors (Lipinski definition) is 18. The summed E-state index contributed by atoms with van der Waals surface area (Å²) in [5, 5.41) is 28.4. The van der Waals surface area contributed by atoms with Gasteiger partial charge in [0.2, 0.25) is 5.82 Å². The lowest BCUT2D eigenvalue weighted by Crippen LogP contribution is -2.44. The average molecular weight is 786 g/mol. The first-order valence-corrected chi connectivity index (χ1v) is 17.4. The van der Waals surface area contributed by atoms with Gasteiger partial charge in [0.15, 0.2) is 0 Å². The number of anilines is 1.